The summed E-state index contributed by atoms with van der Waals surface area (Å²) in [4.78, 5) is 6.95. The van der Waals surface area contributed by atoms with Gasteiger partial charge in [0.2, 0.25) is 0 Å². The van der Waals surface area contributed by atoms with Crippen LogP contribution < -0.4 is 4.74 Å². The normalized spacial score (nSPS) is 15.8. The van der Waals surface area contributed by atoms with Gasteiger partial charge >= 0.3 is 0 Å². The maximum Gasteiger partial charge on any atom is 0.122 e. The van der Waals surface area contributed by atoms with Crippen LogP contribution in [-0.2, 0) is 4.74 Å². The summed E-state index contributed by atoms with van der Waals surface area (Å²) in [5.41, 5.74) is 4.89. The number of nitrogens with zero attached hydrogens (tertiary/aromatic N) is 2. The maximum atomic E-state index is 6.05. The third-order valence-corrected chi connectivity index (χ3v) is 6.20. The predicted molar refractivity (Wildman–Crippen MR) is 134 cm³/mol. The predicted octanol–water partition coefficient (Wildman–Crippen LogP) is 5.60. The third-order valence-electron chi connectivity index (χ3n) is 5.95. The Hall–Kier alpha value is -2.84. The van der Waals surface area contributed by atoms with Gasteiger partial charge in [-0.1, -0.05) is 35.7 Å². The zero-order valence-corrected chi connectivity index (χ0v) is 19.9. The summed E-state index contributed by atoms with van der Waals surface area (Å²) in [5.74, 6) is 7.27. The number of benzene rings is 2. The highest BCUT2D eigenvalue weighted by molar-refractivity contribution is 6.30. The van der Waals surface area contributed by atoms with Crippen molar-refractivity contribution < 1.29 is 9.47 Å². The molecule has 3 aromatic rings. The molecular formula is C28H29ClN2O2. The van der Waals surface area contributed by atoms with Gasteiger partial charge in [0, 0.05) is 42.0 Å². The van der Waals surface area contributed by atoms with Crippen molar-refractivity contribution in [2.45, 2.75) is 25.8 Å². The third kappa shape index (κ3) is 6.36. The zero-order chi connectivity index (χ0) is 23.0. The Morgan fingerprint density at radius 3 is 2.61 bits per heavy atom. The molecule has 0 aliphatic carbocycles. The molecule has 170 valence electrons. The van der Waals surface area contributed by atoms with Crippen LogP contribution in [0.5, 0.6) is 5.75 Å². The van der Waals surface area contributed by atoms with Crippen LogP contribution in [0, 0.1) is 18.8 Å². The van der Waals surface area contributed by atoms with Gasteiger partial charge in [0.1, 0.15) is 18.1 Å². The van der Waals surface area contributed by atoms with E-state index in [1.807, 2.05) is 54.7 Å². The van der Waals surface area contributed by atoms with E-state index in [1.165, 1.54) is 12.8 Å². The summed E-state index contributed by atoms with van der Waals surface area (Å²) >= 11 is 5.96. The van der Waals surface area contributed by atoms with Gasteiger partial charge < -0.3 is 9.47 Å². The Morgan fingerprint density at radius 1 is 1.06 bits per heavy atom. The summed E-state index contributed by atoms with van der Waals surface area (Å²) in [5, 5.41) is 0.725. The number of hydrogen-bond donors (Lipinski definition) is 0. The summed E-state index contributed by atoms with van der Waals surface area (Å²) in [7, 11) is 1.77. The van der Waals surface area contributed by atoms with Crippen LogP contribution in [0.3, 0.4) is 0 Å². The molecule has 0 spiro atoms. The van der Waals surface area contributed by atoms with E-state index in [4.69, 9.17) is 21.1 Å². The molecule has 0 bridgehead atoms. The van der Waals surface area contributed by atoms with Gasteiger partial charge in [0.25, 0.3) is 0 Å². The van der Waals surface area contributed by atoms with E-state index in [0.29, 0.717) is 12.6 Å². The number of pyridine rings is 1. The first-order chi connectivity index (χ1) is 16.1. The number of hydrogen-bond acceptors (Lipinski definition) is 4. The van der Waals surface area contributed by atoms with E-state index < -0.39 is 0 Å². The Bertz CT molecular complexity index is 1120. The summed E-state index contributed by atoms with van der Waals surface area (Å²) in [6.07, 6.45) is 4.28. The van der Waals surface area contributed by atoms with Gasteiger partial charge in [0.05, 0.1) is 6.61 Å². The van der Waals surface area contributed by atoms with Crippen molar-refractivity contribution in [2.24, 2.45) is 0 Å². The van der Waals surface area contributed by atoms with Gasteiger partial charge in [-0.2, -0.15) is 0 Å². The molecule has 1 fully saturated rings. The molecular weight excluding hydrogens is 432 g/mol. The maximum absolute atomic E-state index is 6.05. The van der Waals surface area contributed by atoms with E-state index in [0.717, 1.165) is 58.4 Å². The molecule has 4 nitrogen and oxygen atoms in total. The fourth-order valence-corrected chi connectivity index (χ4v) is 4.28. The molecule has 1 aliphatic rings. The van der Waals surface area contributed by atoms with Crippen LogP contribution in [0.15, 0.2) is 60.8 Å². The highest BCUT2D eigenvalue weighted by Crippen LogP contribution is 2.22. The van der Waals surface area contributed by atoms with E-state index in [9.17, 15) is 0 Å². The SMILES string of the molecule is COC[C@H]1CCCN1CCOc1ccc(C#Cc2ccc(-c3ccc(Cl)cc3)cn2)cc1C. The number of methoxy groups -OCH3 is 1. The molecule has 2 heterocycles. The van der Waals surface area contributed by atoms with Crippen LogP contribution in [0.1, 0.15) is 29.7 Å². The van der Waals surface area contributed by atoms with E-state index in [-0.39, 0.29) is 0 Å². The minimum atomic E-state index is 0.520. The van der Waals surface area contributed by atoms with Crippen molar-refractivity contribution in [3.05, 3.63) is 82.6 Å². The second-order valence-corrected chi connectivity index (χ2v) is 8.74. The molecule has 0 unspecified atom stereocenters. The molecule has 1 saturated heterocycles. The first kappa shape index (κ1) is 23.3. The van der Waals surface area contributed by atoms with Crippen LogP contribution in [0.2, 0.25) is 5.02 Å². The lowest BCUT2D eigenvalue weighted by molar-refractivity contribution is 0.105. The minimum absolute atomic E-state index is 0.520. The number of aromatic nitrogens is 1. The quantitative estimate of drug-likeness (QED) is 0.430. The fourth-order valence-electron chi connectivity index (χ4n) is 4.15. The van der Waals surface area contributed by atoms with Gasteiger partial charge in [-0.3, -0.25) is 4.90 Å². The van der Waals surface area contributed by atoms with Crippen LogP contribution in [0.25, 0.3) is 11.1 Å². The summed E-state index contributed by atoms with van der Waals surface area (Å²) in [6, 6.07) is 18.3. The molecule has 1 atom stereocenters. The van der Waals surface area contributed by atoms with Crippen LogP contribution in [-0.4, -0.2) is 49.3 Å². The van der Waals surface area contributed by atoms with Crippen molar-refractivity contribution in [1.82, 2.24) is 9.88 Å². The number of ether oxygens (including phenoxy) is 2. The standard InChI is InChI=1S/C28H29ClN2O2/c1-21-18-22(6-14-28(21)33-17-16-31-15-3-4-27(31)20-32-2)5-12-26-13-9-24(19-30-26)23-7-10-25(29)11-8-23/h6-11,13-14,18-19,27H,3-4,15-17,20H2,1-2H3/t27-/m1/s1. The van der Waals surface area contributed by atoms with Gasteiger partial charge in [-0.05, 0) is 79.8 Å². The Labute approximate surface area is 201 Å². The molecule has 33 heavy (non-hydrogen) atoms. The van der Waals surface area contributed by atoms with Crippen LogP contribution in [0.4, 0.5) is 0 Å². The van der Waals surface area contributed by atoms with E-state index in [2.05, 4.69) is 34.7 Å². The highest BCUT2D eigenvalue weighted by atomic mass is 35.5. The van der Waals surface area contributed by atoms with Crippen molar-refractivity contribution in [1.29, 1.82) is 0 Å². The molecule has 0 amide bonds. The Kier molecular flexibility index (Phi) is 8.01. The van der Waals surface area contributed by atoms with Crippen molar-refractivity contribution in [2.75, 3.05) is 33.4 Å². The molecule has 1 aliphatic heterocycles. The van der Waals surface area contributed by atoms with Crippen molar-refractivity contribution in [3.63, 3.8) is 0 Å². The van der Waals surface area contributed by atoms with Crippen molar-refractivity contribution >= 4 is 11.6 Å². The molecule has 0 radical (unpaired) electrons. The van der Waals surface area contributed by atoms with Crippen LogP contribution >= 0.6 is 11.6 Å². The fraction of sp³-hybridized carbons (Fsp3) is 0.321. The lowest BCUT2D eigenvalue weighted by atomic mass is 10.1. The number of likely N-dealkylation sites (tertiary alicyclic amines) is 1. The second kappa shape index (κ2) is 11.3. The van der Waals surface area contributed by atoms with Gasteiger partial charge in [0.15, 0.2) is 0 Å². The highest BCUT2D eigenvalue weighted by Gasteiger charge is 2.23. The largest absolute Gasteiger partial charge is 0.492 e. The molecule has 4 rings (SSSR count). The average molecular weight is 461 g/mol. The van der Waals surface area contributed by atoms with Gasteiger partial charge in [-0.15, -0.1) is 0 Å². The molecule has 5 heteroatoms. The molecule has 1 aromatic heterocycles. The Balaban J connectivity index is 1.33. The van der Waals surface area contributed by atoms with Gasteiger partial charge in [-0.25, -0.2) is 4.98 Å². The Morgan fingerprint density at radius 2 is 1.88 bits per heavy atom. The monoisotopic (exact) mass is 460 g/mol. The van der Waals surface area contributed by atoms with Crippen molar-refractivity contribution in [3.8, 4) is 28.7 Å². The number of halogens is 1. The lowest BCUT2D eigenvalue weighted by Crippen LogP contribution is -2.35. The van der Waals surface area contributed by atoms with E-state index in [1.54, 1.807) is 7.11 Å². The number of aryl methyl sites for hydroxylation is 1. The summed E-state index contributed by atoms with van der Waals surface area (Å²) in [6.45, 7) is 5.58. The molecule has 0 N–H and O–H groups in total. The lowest BCUT2D eigenvalue weighted by Gasteiger charge is -2.23. The zero-order valence-electron chi connectivity index (χ0n) is 19.2. The topological polar surface area (TPSA) is 34.6 Å². The van der Waals surface area contributed by atoms with E-state index >= 15 is 0 Å². The summed E-state index contributed by atoms with van der Waals surface area (Å²) < 4.78 is 11.4. The first-order valence-electron chi connectivity index (χ1n) is 11.3. The first-order valence-corrected chi connectivity index (χ1v) is 11.7. The second-order valence-electron chi connectivity index (χ2n) is 8.31. The number of rotatable bonds is 7. The smallest absolute Gasteiger partial charge is 0.122 e. The molecule has 2 aromatic carbocycles. The average Bonchev–Trinajstić information content (AvgIpc) is 3.27. The minimum Gasteiger partial charge on any atom is -0.492 e. The molecule has 0 saturated carbocycles.